The molecule has 1 saturated heterocycles. The van der Waals surface area contributed by atoms with E-state index in [1.165, 1.54) is 18.7 Å². The highest BCUT2D eigenvalue weighted by molar-refractivity contribution is 7.90. The molecule has 2 unspecified atom stereocenters. The maximum atomic E-state index is 14.0. The van der Waals surface area contributed by atoms with Crippen LogP contribution in [-0.2, 0) is 20.7 Å². The Morgan fingerprint density at radius 3 is 2.43 bits per heavy atom. The summed E-state index contributed by atoms with van der Waals surface area (Å²) in [5, 5.41) is 3.90. The van der Waals surface area contributed by atoms with Crippen molar-refractivity contribution in [1.29, 1.82) is 0 Å². The molecule has 0 spiro atoms. The minimum Gasteiger partial charge on any atom is -0.480 e. The van der Waals surface area contributed by atoms with E-state index < -0.39 is 50.5 Å². The number of nitrogens with zero attached hydrogens (tertiary/aromatic N) is 3. The van der Waals surface area contributed by atoms with Crippen LogP contribution in [0.3, 0.4) is 0 Å². The van der Waals surface area contributed by atoms with Gasteiger partial charge in [0.15, 0.2) is 21.8 Å². The van der Waals surface area contributed by atoms with Gasteiger partial charge in [-0.3, -0.25) is 4.79 Å². The second-order valence-corrected chi connectivity index (χ2v) is 12.4. The van der Waals surface area contributed by atoms with Gasteiger partial charge in [-0.1, -0.05) is 5.16 Å². The number of hydrogen-bond acceptors (Lipinski definition) is 7. The van der Waals surface area contributed by atoms with Gasteiger partial charge < -0.3 is 14.2 Å². The Labute approximate surface area is 210 Å². The Kier molecular flexibility index (Phi) is 6.17. The summed E-state index contributed by atoms with van der Waals surface area (Å²) in [5.74, 6) is -4.49. The lowest BCUT2D eigenvalue weighted by atomic mass is 9.86. The fourth-order valence-corrected chi connectivity index (χ4v) is 4.94. The topological polar surface area (TPSA) is 103 Å². The van der Waals surface area contributed by atoms with Crippen LogP contribution in [0, 0.1) is 5.92 Å². The quantitative estimate of drug-likeness (QED) is 0.477. The van der Waals surface area contributed by atoms with E-state index in [4.69, 9.17) is 9.26 Å². The average Bonchev–Trinajstić information content (AvgIpc) is 3.12. The van der Waals surface area contributed by atoms with Gasteiger partial charge in [0.25, 0.3) is 11.8 Å². The van der Waals surface area contributed by atoms with Crippen molar-refractivity contribution in [3.05, 3.63) is 35.5 Å². The van der Waals surface area contributed by atoms with Gasteiger partial charge >= 0.3 is 6.18 Å². The summed E-state index contributed by atoms with van der Waals surface area (Å²) in [6, 6.07) is 3.08. The third kappa shape index (κ3) is 4.79. The van der Waals surface area contributed by atoms with E-state index in [-0.39, 0.29) is 41.2 Å². The number of rotatable bonds is 7. The molecule has 0 bridgehead atoms. The van der Waals surface area contributed by atoms with Crippen molar-refractivity contribution in [3.63, 3.8) is 0 Å². The van der Waals surface area contributed by atoms with Gasteiger partial charge in [0.1, 0.15) is 11.2 Å². The zero-order chi connectivity index (χ0) is 27.8. The van der Waals surface area contributed by atoms with Crippen LogP contribution in [0.5, 0.6) is 5.75 Å². The first kappa shape index (κ1) is 27.3. The van der Waals surface area contributed by atoms with Crippen molar-refractivity contribution >= 4 is 15.7 Å². The Morgan fingerprint density at radius 2 is 1.86 bits per heavy atom. The number of piperidine rings is 1. The second-order valence-electron chi connectivity index (χ2n) is 10.4. The average molecular weight is 552 g/mol. The van der Waals surface area contributed by atoms with Crippen LogP contribution in [0.4, 0.5) is 22.0 Å². The molecule has 2 heterocycles. The van der Waals surface area contributed by atoms with E-state index in [9.17, 15) is 35.2 Å². The highest BCUT2D eigenvalue weighted by Crippen LogP contribution is 2.58. The van der Waals surface area contributed by atoms with Crippen LogP contribution >= 0.6 is 0 Å². The number of ether oxygens (including phenoxy) is 1. The molecule has 1 aliphatic carbocycles. The van der Waals surface area contributed by atoms with E-state index in [0.29, 0.717) is 6.42 Å². The number of amides is 1. The van der Waals surface area contributed by atoms with Gasteiger partial charge in [-0.15, -0.1) is 0 Å². The molecular formula is C23H26F5N3O5S. The molecule has 1 amide bonds. The maximum absolute atomic E-state index is 14.0. The van der Waals surface area contributed by atoms with Crippen molar-refractivity contribution in [2.75, 3.05) is 19.3 Å². The van der Waals surface area contributed by atoms with Gasteiger partial charge in [0, 0.05) is 26.3 Å². The van der Waals surface area contributed by atoms with E-state index in [0.717, 1.165) is 38.3 Å². The zero-order valence-corrected chi connectivity index (χ0v) is 21.5. The van der Waals surface area contributed by atoms with Crippen LogP contribution in [0.15, 0.2) is 27.6 Å². The first-order valence-corrected chi connectivity index (χ1v) is 13.3. The number of sulfone groups is 1. The molecule has 1 aromatic heterocycles. The molecule has 0 N–H and O–H groups in total. The molecule has 204 valence electrons. The summed E-state index contributed by atoms with van der Waals surface area (Å²) in [6.45, 7) is 4.30. The van der Waals surface area contributed by atoms with Crippen molar-refractivity contribution in [3.8, 4) is 5.75 Å². The Bertz CT molecular complexity index is 1330. The van der Waals surface area contributed by atoms with Crippen molar-refractivity contribution in [2.24, 2.45) is 5.92 Å². The SMILES string of the molecule is C[C@H](Oc1ccc(S(C)(=O)=O)cc1C(=O)N1CC2CC2(c2noc(C(C)(C)C(C)(F)F)n2)C1)C(F)(F)F. The number of aromatic nitrogens is 2. The number of halogens is 5. The maximum Gasteiger partial charge on any atom is 0.425 e. The Morgan fingerprint density at radius 1 is 1.22 bits per heavy atom. The summed E-state index contributed by atoms with van der Waals surface area (Å²) in [7, 11) is -3.78. The molecule has 4 rings (SSSR count). The monoisotopic (exact) mass is 551 g/mol. The molecule has 3 atom stereocenters. The number of alkyl halides is 5. The Balaban J connectivity index is 1.62. The molecule has 0 radical (unpaired) electrons. The van der Waals surface area contributed by atoms with E-state index in [1.54, 1.807) is 0 Å². The number of carbonyl (C=O) groups is 1. The molecular weight excluding hydrogens is 525 g/mol. The number of likely N-dealkylation sites (tertiary alicyclic amines) is 1. The van der Waals surface area contributed by atoms with Crippen molar-refractivity contribution in [1.82, 2.24) is 15.0 Å². The third-order valence-corrected chi connectivity index (χ3v) is 8.42. The molecule has 37 heavy (non-hydrogen) atoms. The minimum absolute atomic E-state index is 0.0514. The predicted octanol–water partition coefficient (Wildman–Crippen LogP) is 4.15. The minimum atomic E-state index is -4.71. The molecule has 1 saturated carbocycles. The first-order chi connectivity index (χ1) is 16.8. The fraction of sp³-hybridized carbons (Fsp3) is 0.609. The van der Waals surface area contributed by atoms with Gasteiger partial charge in [-0.25, -0.2) is 17.2 Å². The van der Waals surface area contributed by atoms with Crippen molar-refractivity contribution < 1.29 is 44.4 Å². The summed E-state index contributed by atoms with van der Waals surface area (Å²) < 4.78 is 102. The summed E-state index contributed by atoms with van der Waals surface area (Å²) in [5.41, 5.74) is -2.82. The molecule has 2 fully saturated rings. The van der Waals surface area contributed by atoms with Crippen molar-refractivity contribution in [2.45, 2.75) is 68.0 Å². The van der Waals surface area contributed by atoms with Crippen LogP contribution in [0.2, 0.25) is 0 Å². The van der Waals surface area contributed by atoms with Crippen LogP contribution in [0.25, 0.3) is 0 Å². The summed E-state index contributed by atoms with van der Waals surface area (Å²) in [4.78, 5) is 18.7. The molecule has 2 aliphatic rings. The van der Waals surface area contributed by atoms with Gasteiger partial charge in [0.05, 0.1) is 15.9 Å². The summed E-state index contributed by atoms with van der Waals surface area (Å²) >= 11 is 0. The largest absolute Gasteiger partial charge is 0.480 e. The molecule has 14 heteroatoms. The standard InChI is InChI=1S/C23H26F5N3O5S/c1-12(23(26,27)28)35-16-7-6-14(37(5,33)34)8-15(16)17(32)31-10-13-9-22(13,11-31)18-29-19(36-30-18)20(2,3)21(4,24)25/h6-8,12-13H,9-11H2,1-5H3/t12-,13?,22?/m0/s1. The Hall–Kier alpha value is -2.77. The number of carbonyl (C=O) groups excluding carboxylic acids is 1. The van der Waals surface area contributed by atoms with Crippen LogP contribution < -0.4 is 4.74 Å². The molecule has 8 nitrogen and oxygen atoms in total. The lowest BCUT2D eigenvalue weighted by molar-refractivity contribution is -0.189. The highest BCUT2D eigenvalue weighted by atomic mass is 32.2. The first-order valence-electron chi connectivity index (χ1n) is 11.4. The normalized spacial score (nSPS) is 23.1. The van der Waals surface area contributed by atoms with E-state index >= 15 is 0 Å². The lowest BCUT2D eigenvalue weighted by Gasteiger charge is -2.27. The van der Waals surface area contributed by atoms with Gasteiger partial charge in [-0.2, -0.15) is 18.2 Å². The fourth-order valence-electron chi connectivity index (χ4n) is 4.29. The number of hydrogen-bond donors (Lipinski definition) is 0. The van der Waals surface area contributed by atoms with E-state index in [1.807, 2.05) is 0 Å². The molecule has 1 aliphatic heterocycles. The van der Waals surface area contributed by atoms with E-state index in [2.05, 4.69) is 10.1 Å². The van der Waals surface area contributed by atoms with Gasteiger partial charge in [-0.05, 0) is 51.3 Å². The molecule has 2 aromatic rings. The summed E-state index contributed by atoms with van der Waals surface area (Å²) in [6.07, 6.45) is -5.49. The van der Waals surface area contributed by atoms with Crippen LogP contribution in [-0.4, -0.2) is 66.9 Å². The zero-order valence-electron chi connectivity index (χ0n) is 20.7. The predicted molar refractivity (Wildman–Crippen MR) is 119 cm³/mol. The smallest absolute Gasteiger partial charge is 0.425 e. The van der Waals surface area contributed by atoms with Gasteiger partial charge in [0.2, 0.25) is 5.89 Å². The van der Waals surface area contributed by atoms with Crippen LogP contribution in [0.1, 0.15) is 56.2 Å². The highest BCUT2D eigenvalue weighted by Gasteiger charge is 2.65. The number of benzene rings is 1. The number of fused-ring (bicyclic) bond motifs is 1. The third-order valence-electron chi connectivity index (χ3n) is 7.31. The lowest BCUT2D eigenvalue weighted by Crippen LogP contribution is -2.38. The molecule has 1 aromatic carbocycles. The second kappa shape index (κ2) is 8.37.